The summed E-state index contributed by atoms with van der Waals surface area (Å²) in [6.07, 6.45) is 0.959. The molecule has 0 N–H and O–H groups in total. The average molecular weight is 210 g/mol. The van der Waals surface area contributed by atoms with Crippen LogP contribution in [0.15, 0.2) is 12.1 Å². The standard InChI is InChI=1S/C12H18O3/c1-5-6-15-12-10(13-3)7-9(2)8-11(12)14-4/h7-8H,5-6H2,1-4H3. The van der Waals surface area contributed by atoms with Crippen LogP contribution in [0.1, 0.15) is 18.9 Å². The Morgan fingerprint density at radius 3 is 2.00 bits per heavy atom. The van der Waals surface area contributed by atoms with Gasteiger partial charge in [0.1, 0.15) is 0 Å². The van der Waals surface area contributed by atoms with Gasteiger partial charge in [-0.3, -0.25) is 0 Å². The molecule has 0 radical (unpaired) electrons. The summed E-state index contributed by atoms with van der Waals surface area (Å²) in [4.78, 5) is 0. The van der Waals surface area contributed by atoms with E-state index in [9.17, 15) is 0 Å². The number of hydrogen-bond acceptors (Lipinski definition) is 3. The molecule has 0 unspecified atom stereocenters. The highest BCUT2D eigenvalue weighted by Gasteiger charge is 2.12. The van der Waals surface area contributed by atoms with Gasteiger partial charge >= 0.3 is 0 Å². The van der Waals surface area contributed by atoms with Gasteiger partial charge in [0.2, 0.25) is 5.75 Å². The maximum absolute atomic E-state index is 5.60. The maximum Gasteiger partial charge on any atom is 0.203 e. The fourth-order valence-corrected chi connectivity index (χ4v) is 1.36. The van der Waals surface area contributed by atoms with Crippen LogP contribution in [0.5, 0.6) is 17.2 Å². The van der Waals surface area contributed by atoms with Gasteiger partial charge in [0.25, 0.3) is 0 Å². The first-order chi connectivity index (χ1) is 7.22. The average Bonchev–Trinajstić information content (AvgIpc) is 2.26. The minimum atomic E-state index is 0.662. The van der Waals surface area contributed by atoms with Crippen LogP contribution in [0, 0.1) is 6.92 Å². The van der Waals surface area contributed by atoms with Gasteiger partial charge in [-0.2, -0.15) is 0 Å². The van der Waals surface area contributed by atoms with E-state index in [-0.39, 0.29) is 0 Å². The summed E-state index contributed by atoms with van der Waals surface area (Å²) < 4.78 is 16.1. The zero-order valence-corrected chi connectivity index (χ0v) is 9.79. The summed E-state index contributed by atoms with van der Waals surface area (Å²) in [5.74, 6) is 2.13. The normalized spacial score (nSPS) is 9.87. The highest BCUT2D eigenvalue weighted by molar-refractivity contribution is 5.53. The molecule has 0 fully saturated rings. The lowest BCUT2D eigenvalue weighted by molar-refractivity contribution is 0.274. The molecule has 0 aromatic heterocycles. The fraction of sp³-hybridized carbons (Fsp3) is 0.500. The van der Waals surface area contributed by atoms with Crippen molar-refractivity contribution in [2.24, 2.45) is 0 Å². The van der Waals surface area contributed by atoms with E-state index in [1.54, 1.807) is 14.2 Å². The van der Waals surface area contributed by atoms with E-state index < -0.39 is 0 Å². The van der Waals surface area contributed by atoms with E-state index in [1.165, 1.54) is 0 Å². The molecular weight excluding hydrogens is 192 g/mol. The van der Waals surface area contributed by atoms with Gasteiger partial charge in [0, 0.05) is 0 Å². The van der Waals surface area contributed by atoms with Crippen molar-refractivity contribution in [3.8, 4) is 17.2 Å². The fourth-order valence-electron chi connectivity index (χ4n) is 1.36. The Balaban J connectivity index is 3.06. The van der Waals surface area contributed by atoms with Crippen molar-refractivity contribution in [2.45, 2.75) is 20.3 Å². The van der Waals surface area contributed by atoms with Crippen LogP contribution in [0.3, 0.4) is 0 Å². The minimum absolute atomic E-state index is 0.662. The zero-order chi connectivity index (χ0) is 11.3. The SMILES string of the molecule is CCCOc1c(OC)cc(C)cc1OC. The van der Waals surface area contributed by atoms with Crippen LogP contribution in [0.2, 0.25) is 0 Å². The molecule has 0 heterocycles. The maximum atomic E-state index is 5.60. The second-order valence-corrected chi connectivity index (χ2v) is 3.35. The third kappa shape index (κ3) is 2.78. The summed E-state index contributed by atoms with van der Waals surface area (Å²) >= 11 is 0. The van der Waals surface area contributed by atoms with Gasteiger partial charge in [-0.15, -0.1) is 0 Å². The van der Waals surface area contributed by atoms with Crippen LogP contribution in [-0.4, -0.2) is 20.8 Å². The molecule has 0 amide bonds. The molecule has 84 valence electrons. The monoisotopic (exact) mass is 210 g/mol. The lowest BCUT2D eigenvalue weighted by Crippen LogP contribution is -2.00. The summed E-state index contributed by atoms with van der Waals surface area (Å²) in [5.41, 5.74) is 1.09. The van der Waals surface area contributed by atoms with Crippen LogP contribution in [0.4, 0.5) is 0 Å². The highest BCUT2D eigenvalue weighted by Crippen LogP contribution is 2.38. The zero-order valence-electron chi connectivity index (χ0n) is 9.79. The molecule has 0 bridgehead atoms. The molecule has 15 heavy (non-hydrogen) atoms. The summed E-state index contributed by atoms with van der Waals surface area (Å²) in [6, 6.07) is 3.88. The molecule has 0 aliphatic rings. The Labute approximate surface area is 91.0 Å². The van der Waals surface area contributed by atoms with E-state index in [2.05, 4.69) is 6.92 Å². The van der Waals surface area contributed by atoms with Gasteiger partial charge < -0.3 is 14.2 Å². The Hall–Kier alpha value is -1.38. The van der Waals surface area contributed by atoms with Crippen LogP contribution in [0.25, 0.3) is 0 Å². The Morgan fingerprint density at radius 1 is 1.07 bits per heavy atom. The molecule has 1 aromatic carbocycles. The van der Waals surface area contributed by atoms with Gasteiger partial charge in [0.15, 0.2) is 11.5 Å². The summed E-state index contributed by atoms with van der Waals surface area (Å²) in [6.45, 7) is 4.72. The number of rotatable bonds is 5. The molecule has 1 rings (SSSR count). The van der Waals surface area contributed by atoms with E-state index >= 15 is 0 Å². The summed E-state index contributed by atoms with van der Waals surface area (Å²) in [5, 5.41) is 0. The number of aryl methyl sites for hydroxylation is 1. The Bertz CT molecular complexity index is 296. The highest BCUT2D eigenvalue weighted by atomic mass is 16.5. The second-order valence-electron chi connectivity index (χ2n) is 3.35. The topological polar surface area (TPSA) is 27.7 Å². The van der Waals surface area contributed by atoms with Gasteiger partial charge in [-0.1, -0.05) is 6.92 Å². The lowest BCUT2D eigenvalue weighted by atomic mass is 10.2. The van der Waals surface area contributed by atoms with Crippen LogP contribution in [-0.2, 0) is 0 Å². The van der Waals surface area contributed by atoms with Crippen molar-refractivity contribution in [3.05, 3.63) is 17.7 Å². The lowest BCUT2D eigenvalue weighted by Gasteiger charge is -2.14. The first kappa shape index (κ1) is 11.7. The first-order valence-electron chi connectivity index (χ1n) is 5.08. The molecule has 3 heteroatoms. The quantitative estimate of drug-likeness (QED) is 0.748. The predicted molar refractivity (Wildman–Crippen MR) is 60.1 cm³/mol. The van der Waals surface area contributed by atoms with Gasteiger partial charge in [0.05, 0.1) is 20.8 Å². The molecule has 1 aromatic rings. The number of benzene rings is 1. The van der Waals surface area contributed by atoms with E-state index in [0.717, 1.165) is 23.5 Å². The number of hydrogen-bond donors (Lipinski definition) is 0. The molecule has 0 saturated carbocycles. The van der Waals surface area contributed by atoms with E-state index in [1.807, 2.05) is 19.1 Å². The second kappa shape index (κ2) is 5.49. The molecule has 3 nitrogen and oxygen atoms in total. The van der Waals surface area contributed by atoms with Crippen molar-refractivity contribution in [2.75, 3.05) is 20.8 Å². The Morgan fingerprint density at radius 2 is 1.60 bits per heavy atom. The third-order valence-corrected chi connectivity index (χ3v) is 2.06. The van der Waals surface area contributed by atoms with Crippen molar-refractivity contribution in [1.29, 1.82) is 0 Å². The van der Waals surface area contributed by atoms with Crippen molar-refractivity contribution in [3.63, 3.8) is 0 Å². The van der Waals surface area contributed by atoms with Gasteiger partial charge in [-0.25, -0.2) is 0 Å². The number of methoxy groups -OCH3 is 2. The molecule has 0 spiro atoms. The van der Waals surface area contributed by atoms with E-state index in [4.69, 9.17) is 14.2 Å². The molecule has 0 saturated heterocycles. The van der Waals surface area contributed by atoms with Crippen LogP contribution >= 0.6 is 0 Å². The van der Waals surface area contributed by atoms with Crippen molar-refractivity contribution < 1.29 is 14.2 Å². The molecule has 0 aliphatic carbocycles. The summed E-state index contributed by atoms with van der Waals surface area (Å²) in [7, 11) is 3.26. The Kier molecular flexibility index (Phi) is 4.28. The molecular formula is C12H18O3. The largest absolute Gasteiger partial charge is 0.493 e. The van der Waals surface area contributed by atoms with Crippen molar-refractivity contribution in [1.82, 2.24) is 0 Å². The molecule has 0 aliphatic heterocycles. The van der Waals surface area contributed by atoms with Crippen LogP contribution < -0.4 is 14.2 Å². The van der Waals surface area contributed by atoms with Crippen molar-refractivity contribution >= 4 is 0 Å². The van der Waals surface area contributed by atoms with E-state index in [0.29, 0.717) is 12.4 Å². The van der Waals surface area contributed by atoms with Gasteiger partial charge in [-0.05, 0) is 31.0 Å². The minimum Gasteiger partial charge on any atom is -0.493 e. The predicted octanol–water partition coefficient (Wildman–Crippen LogP) is 2.80. The first-order valence-corrected chi connectivity index (χ1v) is 5.08. The smallest absolute Gasteiger partial charge is 0.203 e. The third-order valence-electron chi connectivity index (χ3n) is 2.06. The molecule has 0 atom stereocenters. The number of ether oxygens (including phenoxy) is 3.